The number of thioether (sulfide) groups is 2. The molecule has 2 aliphatic heterocycles. The Labute approximate surface area is 78.4 Å². The fourth-order valence-corrected chi connectivity index (χ4v) is 5.37. The molecule has 2 rings (SSSR count). The van der Waals surface area contributed by atoms with Crippen LogP contribution in [0.5, 0.6) is 0 Å². The summed E-state index contributed by atoms with van der Waals surface area (Å²) in [6.45, 7) is 0. The fraction of sp³-hybridized carbons (Fsp3) is 1.00. The summed E-state index contributed by atoms with van der Waals surface area (Å²) in [7, 11) is 4.15. The first kappa shape index (κ1) is 8.02. The number of rotatable bonds is 5. The maximum Gasteiger partial charge on any atom is 0.0237 e. The molecule has 4 heteroatoms. The molecular weight excluding hydrogens is 200 g/mol. The minimum absolute atomic E-state index is 1.02. The largest absolute Gasteiger partial charge is 0.156 e. The summed E-state index contributed by atoms with van der Waals surface area (Å²) in [5.41, 5.74) is 0. The molecule has 0 aromatic heterocycles. The molecule has 0 aromatic carbocycles. The highest BCUT2D eigenvalue weighted by Gasteiger charge is 2.24. The molecular formula is C6H10S4. The van der Waals surface area contributed by atoms with E-state index in [0.29, 0.717) is 0 Å². The molecule has 0 amide bonds. The molecule has 0 nitrogen and oxygen atoms in total. The van der Waals surface area contributed by atoms with Gasteiger partial charge in [-0.3, -0.25) is 0 Å². The summed E-state index contributed by atoms with van der Waals surface area (Å²) in [6, 6.07) is 0. The van der Waals surface area contributed by atoms with E-state index in [1.807, 2.05) is 0 Å². The highest BCUT2D eigenvalue weighted by Crippen LogP contribution is 2.40. The van der Waals surface area contributed by atoms with E-state index in [1.165, 1.54) is 23.0 Å². The lowest BCUT2D eigenvalue weighted by Gasteiger charge is -1.94. The Bertz CT molecular complexity index is 94.3. The van der Waals surface area contributed by atoms with Crippen LogP contribution < -0.4 is 0 Å². The normalized spacial score (nSPS) is 36.0. The predicted octanol–water partition coefficient (Wildman–Crippen LogP) is 2.60. The van der Waals surface area contributed by atoms with Gasteiger partial charge in [-0.15, -0.1) is 0 Å². The average molecular weight is 210 g/mol. The van der Waals surface area contributed by atoms with Gasteiger partial charge in [-0.2, -0.15) is 23.5 Å². The minimum Gasteiger partial charge on any atom is -0.156 e. The van der Waals surface area contributed by atoms with Crippen LogP contribution in [-0.2, 0) is 0 Å². The third kappa shape index (κ3) is 3.20. The van der Waals surface area contributed by atoms with Crippen LogP contribution in [0.2, 0.25) is 0 Å². The zero-order valence-electron chi connectivity index (χ0n) is 5.62. The van der Waals surface area contributed by atoms with Crippen molar-refractivity contribution in [3.05, 3.63) is 0 Å². The van der Waals surface area contributed by atoms with Gasteiger partial charge in [-0.05, 0) is 0 Å². The van der Waals surface area contributed by atoms with Crippen LogP contribution in [0.3, 0.4) is 0 Å². The Balaban J connectivity index is 1.40. The molecule has 58 valence electrons. The van der Waals surface area contributed by atoms with Crippen molar-refractivity contribution in [3.63, 3.8) is 0 Å². The van der Waals surface area contributed by atoms with Gasteiger partial charge in [-0.25, -0.2) is 0 Å². The monoisotopic (exact) mass is 210 g/mol. The summed E-state index contributed by atoms with van der Waals surface area (Å²) in [5.74, 6) is 5.61. The van der Waals surface area contributed by atoms with E-state index in [4.69, 9.17) is 0 Å². The van der Waals surface area contributed by atoms with Crippen LogP contribution in [0.4, 0.5) is 0 Å². The molecule has 2 atom stereocenters. The Hall–Kier alpha value is 1.40. The predicted molar refractivity (Wildman–Crippen MR) is 57.4 cm³/mol. The van der Waals surface area contributed by atoms with Crippen LogP contribution in [0.15, 0.2) is 0 Å². The van der Waals surface area contributed by atoms with Crippen molar-refractivity contribution in [2.75, 3.05) is 23.0 Å². The Morgan fingerprint density at radius 2 is 1.40 bits per heavy atom. The van der Waals surface area contributed by atoms with E-state index in [-0.39, 0.29) is 0 Å². The first-order valence-corrected chi connectivity index (χ1v) is 8.01. The zero-order chi connectivity index (χ0) is 6.81. The van der Waals surface area contributed by atoms with Gasteiger partial charge < -0.3 is 0 Å². The van der Waals surface area contributed by atoms with E-state index in [9.17, 15) is 0 Å². The van der Waals surface area contributed by atoms with Gasteiger partial charge in [0.15, 0.2) is 0 Å². The maximum atomic E-state index is 2.10. The third-order valence-corrected chi connectivity index (χ3v) is 6.32. The van der Waals surface area contributed by atoms with Crippen molar-refractivity contribution in [1.82, 2.24) is 0 Å². The third-order valence-electron chi connectivity index (χ3n) is 1.40. The molecule has 0 saturated carbocycles. The molecule has 0 bridgehead atoms. The second-order valence-electron chi connectivity index (χ2n) is 2.48. The summed E-state index contributed by atoms with van der Waals surface area (Å²) in [6.07, 6.45) is 0. The van der Waals surface area contributed by atoms with Gasteiger partial charge >= 0.3 is 0 Å². The quantitative estimate of drug-likeness (QED) is 0.388. The smallest absolute Gasteiger partial charge is 0.0237 e. The van der Waals surface area contributed by atoms with Crippen molar-refractivity contribution < 1.29 is 0 Å². The zero-order valence-corrected chi connectivity index (χ0v) is 8.88. The number of hydrogen-bond donors (Lipinski definition) is 0. The van der Waals surface area contributed by atoms with Gasteiger partial charge in [-0.1, -0.05) is 21.6 Å². The average Bonchev–Trinajstić information content (AvgIpc) is 2.77. The van der Waals surface area contributed by atoms with Crippen molar-refractivity contribution >= 4 is 45.1 Å². The second-order valence-corrected chi connectivity index (χ2v) is 7.70. The first-order chi connectivity index (χ1) is 4.95. The van der Waals surface area contributed by atoms with E-state index >= 15 is 0 Å². The fourth-order valence-electron chi connectivity index (χ4n) is 0.577. The Morgan fingerprint density at radius 1 is 1.00 bits per heavy atom. The highest BCUT2D eigenvalue weighted by molar-refractivity contribution is 8.76. The summed E-state index contributed by atoms with van der Waals surface area (Å²) in [4.78, 5) is 0. The lowest BCUT2D eigenvalue weighted by atomic mass is 10.6. The number of hydrogen-bond acceptors (Lipinski definition) is 4. The molecule has 10 heavy (non-hydrogen) atoms. The summed E-state index contributed by atoms with van der Waals surface area (Å²) in [5, 5.41) is 2.04. The van der Waals surface area contributed by atoms with Gasteiger partial charge in [0.1, 0.15) is 0 Å². The van der Waals surface area contributed by atoms with E-state index in [0.717, 1.165) is 10.5 Å². The topological polar surface area (TPSA) is 0 Å². The van der Waals surface area contributed by atoms with Crippen molar-refractivity contribution in [3.8, 4) is 0 Å². The molecule has 0 aliphatic carbocycles. The molecule has 2 fully saturated rings. The first-order valence-electron chi connectivity index (χ1n) is 3.43. The summed E-state index contributed by atoms with van der Waals surface area (Å²) < 4.78 is 0. The van der Waals surface area contributed by atoms with Crippen molar-refractivity contribution in [1.29, 1.82) is 0 Å². The molecule has 0 aromatic rings. The van der Waals surface area contributed by atoms with Gasteiger partial charge in [0.25, 0.3) is 0 Å². The van der Waals surface area contributed by atoms with E-state index < -0.39 is 0 Å². The molecule has 2 aliphatic rings. The van der Waals surface area contributed by atoms with Crippen molar-refractivity contribution in [2.45, 2.75) is 10.5 Å². The minimum atomic E-state index is 1.02. The Morgan fingerprint density at radius 3 is 1.70 bits per heavy atom. The standard InChI is InChI=1S/C6H10S4/c1-5(7-1)3-9-10-4-6-2-8-6/h5-6H,1-4H2/t5-,6+. The van der Waals surface area contributed by atoms with E-state index in [1.54, 1.807) is 0 Å². The molecule has 2 heterocycles. The van der Waals surface area contributed by atoms with Crippen LogP contribution in [0.1, 0.15) is 0 Å². The molecule has 0 N–H and O–H groups in total. The van der Waals surface area contributed by atoms with E-state index in [2.05, 4.69) is 45.1 Å². The van der Waals surface area contributed by atoms with Crippen LogP contribution in [0.25, 0.3) is 0 Å². The van der Waals surface area contributed by atoms with Gasteiger partial charge in [0.05, 0.1) is 0 Å². The van der Waals surface area contributed by atoms with Crippen LogP contribution in [0, 0.1) is 0 Å². The Kier molecular flexibility index (Phi) is 3.11. The molecule has 0 unspecified atom stereocenters. The second kappa shape index (κ2) is 3.87. The van der Waals surface area contributed by atoms with Gasteiger partial charge in [0.2, 0.25) is 0 Å². The molecule has 0 radical (unpaired) electrons. The van der Waals surface area contributed by atoms with Gasteiger partial charge in [0, 0.05) is 33.5 Å². The molecule has 0 spiro atoms. The highest BCUT2D eigenvalue weighted by atomic mass is 33.1. The lowest BCUT2D eigenvalue weighted by molar-refractivity contribution is 1.27. The van der Waals surface area contributed by atoms with Crippen LogP contribution >= 0.6 is 45.1 Å². The maximum absolute atomic E-state index is 2.10. The summed E-state index contributed by atoms with van der Waals surface area (Å²) >= 11 is 4.21. The lowest BCUT2D eigenvalue weighted by Crippen LogP contribution is -1.87. The SMILES string of the molecule is C(SSC[C@H]1CS1)[C@@H]1CS1. The van der Waals surface area contributed by atoms with Crippen LogP contribution in [-0.4, -0.2) is 33.5 Å². The van der Waals surface area contributed by atoms with Crippen molar-refractivity contribution in [2.24, 2.45) is 0 Å². The molecule has 2 saturated heterocycles.